The topological polar surface area (TPSA) is 38.3 Å². The summed E-state index contributed by atoms with van der Waals surface area (Å²) in [5.41, 5.74) is 0. The molecule has 0 aromatic heterocycles. The molecule has 1 N–H and O–H groups in total. The maximum absolute atomic E-state index is 10.6. The molecule has 0 saturated carbocycles. The van der Waals surface area contributed by atoms with Crippen LogP contribution in [0, 0.1) is 0 Å². The molecule has 3 nitrogen and oxygen atoms in total. The number of rotatable bonds is 5. The van der Waals surface area contributed by atoms with Crippen molar-refractivity contribution in [2.24, 2.45) is 0 Å². The second-order valence-electron chi connectivity index (χ2n) is 1.98. The van der Waals surface area contributed by atoms with Crippen LogP contribution >= 0.6 is 0 Å². The smallest absolute Gasteiger partial charge is 0.319 e. The summed E-state index contributed by atoms with van der Waals surface area (Å²) < 4.78 is 4.69. The summed E-state index contributed by atoms with van der Waals surface area (Å²) in [4.78, 5) is 10.6. The van der Waals surface area contributed by atoms with Crippen LogP contribution in [0.2, 0.25) is 0 Å². The lowest BCUT2D eigenvalue weighted by molar-refractivity contribution is -0.141. The number of carbonyl (C=O) groups is 1. The van der Waals surface area contributed by atoms with Crippen molar-refractivity contribution in [2.75, 3.05) is 19.7 Å². The normalized spacial score (nSPS) is 8.33. The second-order valence-corrected chi connectivity index (χ2v) is 1.98. The summed E-state index contributed by atoms with van der Waals surface area (Å²) in [7, 11) is 0. The molecule has 0 amide bonds. The van der Waals surface area contributed by atoms with Crippen LogP contribution in [0.3, 0.4) is 0 Å². The zero-order chi connectivity index (χ0) is 9.82. The van der Waals surface area contributed by atoms with Crippen molar-refractivity contribution in [1.29, 1.82) is 0 Å². The van der Waals surface area contributed by atoms with Gasteiger partial charge in [0, 0.05) is 0 Å². The lowest BCUT2D eigenvalue weighted by Gasteiger charge is -2.01. The Labute approximate surface area is 75.5 Å². The Morgan fingerprint density at radius 1 is 1.33 bits per heavy atom. The van der Waals surface area contributed by atoms with Crippen molar-refractivity contribution >= 4 is 5.97 Å². The van der Waals surface area contributed by atoms with E-state index in [0.29, 0.717) is 13.2 Å². The van der Waals surface area contributed by atoms with Crippen molar-refractivity contribution in [3.05, 3.63) is 0 Å². The summed E-state index contributed by atoms with van der Waals surface area (Å²) >= 11 is 0. The highest BCUT2D eigenvalue weighted by Crippen LogP contribution is 1.75. The third-order valence-electron chi connectivity index (χ3n) is 1.00. The molecule has 0 unspecified atom stereocenters. The molecule has 12 heavy (non-hydrogen) atoms. The Morgan fingerprint density at radius 3 is 2.33 bits per heavy atom. The molecule has 0 bridgehead atoms. The van der Waals surface area contributed by atoms with Gasteiger partial charge in [-0.3, -0.25) is 4.79 Å². The fourth-order valence-electron chi connectivity index (χ4n) is 0.579. The van der Waals surface area contributed by atoms with Gasteiger partial charge in [-0.2, -0.15) is 0 Å². The molecule has 0 rings (SSSR count). The summed E-state index contributed by atoms with van der Waals surface area (Å²) in [6, 6.07) is 0. The minimum Gasteiger partial charge on any atom is -0.465 e. The number of hydrogen-bond acceptors (Lipinski definition) is 3. The van der Waals surface area contributed by atoms with E-state index in [4.69, 9.17) is 0 Å². The molecular weight excluding hydrogens is 154 g/mol. The lowest BCUT2D eigenvalue weighted by atomic mass is 10.5. The van der Waals surface area contributed by atoms with Crippen LogP contribution in [0.4, 0.5) is 0 Å². The summed E-state index contributed by atoms with van der Waals surface area (Å²) in [6.07, 6.45) is 1.04. The van der Waals surface area contributed by atoms with E-state index in [1.54, 1.807) is 6.92 Å². The van der Waals surface area contributed by atoms with Gasteiger partial charge in [0.2, 0.25) is 0 Å². The van der Waals surface area contributed by atoms with Gasteiger partial charge in [0.1, 0.15) is 0 Å². The van der Waals surface area contributed by atoms with Gasteiger partial charge in [-0.05, 0) is 19.9 Å². The predicted octanol–water partition coefficient (Wildman–Crippen LogP) is 1.58. The van der Waals surface area contributed by atoms with Gasteiger partial charge >= 0.3 is 5.97 Å². The highest BCUT2D eigenvalue weighted by atomic mass is 16.5. The van der Waals surface area contributed by atoms with E-state index in [9.17, 15) is 4.79 Å². The Bertz CT molecular complexity index is 94.5. The van der Waals surface area contributed by atoms with Crippen molar-refractivity contribution in [1.82, 2.24) is 5.32 Å². The second kappa shape index (κ2) is 13.1. The fourth-order valence-corrected chi connectivity index (χ4v) is 0.579. The molecule has 0 aliphatic carbocycles. The molecule has 0 spiro atoms. The molecule has 0 radical (unpaired) electrons. The average molecular weight is 175 g/mol. The first kappa shape index (κ1) is 14.0. The molecule has 0 fully saturated rings. The molecule has 0 aromatic carbocycles. The zero-order valence-corrected chi connectivity index (χ0v) is 8.64. The van der Waals surface area contributed by atoms with Crippen molar-refractivity contribution in [3.8, 4) is 0 Å². The number of hydrogen-bond donors (Lipinski definition) is 1. The van der Waals surface area contributed by atoms with E-state index in [2.05, 4.69) is 17.0 Å². The van der Waals surface area contributed by atoms with E-state index in [1.165, 1.54) is 0 Å². The Balaban J connectivity index is 0. The standard InChI is InChI=1S/C7H15NO2.C2H6/c1-3-5-8-6-7(9)10-4-2;1-2/h8H,3-6H2,1-2H3;1-2H3. The van der Waals surface area contributed by atoms with Gasteiger partial charge < -0.3 is 10.1 Å². The summed E-state index contributed by atoms with van der Waals surface area (Å²) in [6.45, 7) is 9.53. The Hall–Kier alpha value is -0.570. The SMILES string of the molecule is CC.CCCNCC(=O)OCC. The van der Waals surface area contributed by atoms with Crippen LogP contribution in [0.15, 0.2) is 0 Å². The van der Waals surface area contributed by atoms with Gasteiger partial charge in [-0.1, -0.05) is 20.8 Å². The van der Waals surface area contributed by atoms with Crippen LogP contribution in [-0.4, -0.2) is 25.7 Å². The summed E-state index contributed by atoms with van der Waals surface area (Å²) in [5, 5.41) is 2.95. The maximum atomic E-state index is 10.6. The molecule has 0 saturated heterocycles. The van der Waals surface area contributed by atoms with Crippen LogP contribution < -0.4 is 5.32 Å². The molecule has 0 atom stereocenters. The first-order chi connectivity index (χ1) is 5.81. The minimum atomic E-state index is -0.170. The Morgan fingerprint density at radius 2 is 1.92 bits per heavy atom. The van der Waals surface area contributed by atoms with Crippen LogP contribution in [-0.2, 0) is 9.53 Å². The van der Waals surface area contributed by atoms with E-state index in [0.717, 1.165) is 13.0 Å². The van der Waals surface area contributed by atoms with E-state index < -0.39 is 0 Å². The molecule has 74 valence electrons. The van der Waals surface area contributed by atoms with E-state index in [1.807, 2.05) is 13.8 Å². The fraction of sp³-hybridized carbons (Fsp3) is 0.889. The predicted molar refractivity (Wildman–Crippen MR) is 51.1 cm³/mol. The number of carbonyl (C=O) groups excluding carboxylic acids is 1. The monoisotopic (exact) mass is 175 g/mol. The average Bonchev–Trinajstić information content (AvgIpc) is 2.09. The third kappa shape index (κ3) is 12.1. The van der Waals surface area contributed by atoms with Crippen LogP contribution in [0.1, 0.15) is 34.1 Å². The number of esters is 1. The quantitative estimate of drug-likeness (QED) is 0.509. The maximum Gasteiger partial charge on any atom is 0.319 e. The highest BCUT2D eigenvalue weighted by Gasteiger charge is 1.97. The number of nitrogens with one attached hydrogen (secondary N) is 1. The van der Waals surface area contributed by atoms with Gasteiger partial charge in [0.05, 0.1) is 13.2 Å². The van der Waals surface area contributed by atoms with Gasteiger partial charge in [-0.15, -0.1) is 0 Å². The molecule has 0 aliphatic rings. The lowest BCUT2D eigenvalue weighted by Crippen LogP contribution is -2.25. The molecular formula is C9H21NO2. The molecule has 0 heterocycles. The van der Waals surface area contributed by atoms with Gasteiger partial charge in [-0.25, -0.2) is 0 Å². The highest BCUT2D eigenvalue weighted by molar-refractivity contribution is 5.71. The van der Waals surface area contributed by atoms with Crippen LogP contribution in [0.5, 0.6) is 0 Å². The Kier molecular flexibility index (Phi) is 15.2. The largest absolute Gasteiger partial charge is 0.465 e. The van der Waals surface area contributed by atoms with Crippen molar-refractivity contribution < 1.29 is 9.53 Å². The molecule has 0 aromatic rings. The van der Waals surface area contributed by atoms with Crippen molar-refractivity contribution in [3.63, 3.8) is 0 Å². The minimum absolute atomic E-state index is 0.170. The third-order valence-corrected chi connectivity index (χ3v) is 1.00. The van der Waals surface area contributed by atoms with Crippen LogP contribution in [0.25, 0.3) is 0 Å². The molecule has 0 aliphatic heterocycles. The van der Waals surface area contributed by atoms with Gasteiger partial charge in [0.15, 0.2) is 0 Å². The van der Waals surface area contributed by atoms with E-state index >= 15 is 0 Å². The first-order valence-electron chi connectivity index (χ1n) is 4.67. The van der Waals surface area contributed by atoms with Crippen molar-refractivity contribution in [2.45, 2.75) is 34.1 Å². The van der Waals surface area contributed by atoms with E-state index in [-0.39, 0.29) is 5.97 Å². The first-order valence-corrected chi connectivity index (χ1v) is 4.67. The number of ether oxygens (including phenoxy) is 1. The zero-order valence-electron chi connectivity index (χ0n) is 8.64. The van der Waals surface area contributed by atoms with Gasteiger partial charge in [0.25, 0.3) is 0 Å². The summed E-state index contributed by atoms with van der Waals surface area (Å²) in [5.74, 6) is -0.170. The molecule has 3 heteroatoms.